The van der Waals surface area contributed by atoms with E-state index in [4.69, 9.17) is 0 Å². The second-order valence-electron chi connectivity index (χ2n) is 4.38. The zero-order valence-corrected chi connectivity index (χ0v) is 14.0. The lowest BCUT2D eigenvalue weighted by Crippen LogP contribution is -2.28. The third-order valence-electron chi connectivity index (χ3n) is 2.72. The van der Waals surface area contributed by atoms with Crippen molar-refractivity contribution in [2.75, 3.05) is 20.6 Å². The second-order valence-corrected chi connectivity index (χ2v) is 6.15. The maximum absolute atomic E-state index is 11.4. The topological polar surface area (TPSA) is 32.3 Å². The number of carbonyl (C=O) groups is 1. The first-order valence-corrected chi connectivity index (χ1v) is 7.39. The van der Waals surface area contributed by atoms with Crippen molar-refractivity contribution in [3.05, 3.63) is 32.7 Å². The fourth-order valence-electron chi connectivity index (χ4n) is 1.58. The zero-order chi connectivity index (χ0) is 13.7. The van der Waals surface area contributed by atoms with Gasteiger partial charge in [-0.2, -0.15) is 0 Å². The van der Waals surface area contributed by atoms with Crippen molar-refractivity contribution in [3.8, 4) is 0 Å². The number of hydrogen-bond donors (Lipinski definition) is 1. The molecule has 0 bridgehead atoms. The molecule has 18 heavy (non-hydrogen) atoms. The Hall–Kier alpha value is -0.390. The molecule has 1 unspecified atom stereocenters. The summed E-state index contributed by atoms with van der Waals surface area (Å²) in [6, 6.07) is 6.32. The highest BCUT2D eigenvalue weighted by molar-refractivity contribution is 9.11. The lowest BCUT2D eigenvalue weighted by Gasteiger charge is -2.17. The van der Waals surface area contributed by atoms with Gasteiger partial charge in [0.05, 0.1) is 0 Å². The molecule has 0 aliphatic carbocycles. The fraction of sp³-hybridized carbons (Fsp3) is 0.462. The van der Waals surface area contributed by atoms with E-state index in [9.17, 15) is 4.79 Å². The van der Waals surface area contributed by atoms with E-state index >= 15 is 0 Å². The molecule has 0 aromatic heterocycles. The molecule has 1 aromatic rings. The van der Waals surface area contributed by atoms with Crippen LogP contribution >= 0.6 is 31.9 Å². The van der Waals surface area contributed by atoms with Crippen LogP contribution in [0.2, 0.25) is 0 Å². The SMILES string of the molecule is CC(NCCC(=O)N(C)C)c1ccc(Br)cc1Br. The molecule has 0 radical (unpaired) electrons. The Morgan fingerprint density at radius 2 is 2.06 bits per heavy atom. The van der Waals surface area contributed by atoms with E-state index in [1.54, 1.807) is 19.0 Å². The van der Waals surface area contributed by atoms with E-state index in [-0.39, 0.29) is 11.9 Å². The van der Waals surface area contributed by atoms with Gasteiger partial charge in [0.25, 0.3) is 0 Å². The first kappa shape index (κ1) is 15.7. The maximum Gasteiger partial charge on any atom is 0.223 e. The summed E-state index contributed by atoms with van der Waals surface area (Å²) >= 11 is 6.98. The highest BCUT2D eigenvalue weighted by atomic mass is 79.9. The van der Waals surface area contributed by atoms with Gasteiger partial charge in [-0.25, -0.2) is 0 Å². The van der Waals surface area contributed by atoms with Crippen LogP contribution in [0.15, 0.2) is 27.1 Å². The van der Waals surface area contributed by atoms with E-state index in [1.165, 1.54) is 5.56 Å². The molecule has 1 atom stereocenters. The van der Waals surface area contributed by atoms with Crippen LogP contribution in [-0.4, -0.2) is 31.4 Å². The van der Waals surface area contributed by atoms with Gasteiger partial charge in [-0.15, -0.1) is 0 Å². The minimum absolute atomic E-state index is 0.143. The Morgan fingerprint density at radius 3 is 2.61 bits per heavy atom. The number of rotatable bonds is 5. The van der Waals surface area contributed by atoms with Gasteiger partial charge >= 0.3 is 0 Å². The van der Waals surface area contributed by atoms with Crippen LogP contribution in [0.4, 0.5) is 0 Å². The van der Waals surface area contributed by atoms with Crippen LogP contribution in [0.3, 0.4) is 0 Å². The third kappa shape index (κ3) is 4.71. The van der Waals surface area contributed by atoms with Crippen LogP contribution in [0, 0.1) is 0 Å². The van der Waals surface area contributed by atoms with Gasteiger partial charge in [-0.3, -0.25) is 4.79 Å². The molecule has 0 saturated carbocycles. The van der Waals surface area contributed by atoms with Crippen LogP contribution in [0.25, 0.3) is 0 Å². The Balaban J connectivity index is 2.50. The predicted molar refractivity (Wildman–Crippen MR) is 81.6 cm³/mol. The molecule has 3 nitrogen and oxygen atoms in total. The summed E-state index contributed by atoms with van der Waals surface area (Å²) in [7, 11) is 3.55. The Kier molecular flexibility index (Phi) is 6.32. The third-order valence-corrected chi connectivity index (χ3v) is 3.90. The Bertz CT molecular complexity index is 421. The summed E-state index contributed by atoms with van der Waals surface area (Å²) in [6.07, 6.45) is 0.519. The van der Waals surface area contributed by atoms with E-state index in [1.807, 2.05) is 12.1 Å². The number of carbonyl (C=O) groups excluding carboxylic acids is 1. The molecule has 1 aromatic carbocycles. The molecular weight excluding hydrogens is 360 g/mol. The molecule has 0 aliphatic rings. The minimum Gasteiger partial charge on any atom is -0.349 e. The normalized spacial score (nSPS) is 12.3. The molecule has 0 aliphatic heterocycles. The molecular formula is C13H18Br2N2O. The van der Waals surface area contributed by atoms with Crippen LogP contribution in [0.5, 0.6) is 0 Å². The lowest BCUT2D eigenvalue weighted by molar-refractivity contribution is -0.128. The molecule has 1 rings (SSSR count). The monoisotopic (exact) mass is 376 g/mol. The van der Waals surface area contributed by atoms with E-state index in [0.717, 1.165) is 8.95 Å². The smallest absolute Gasteiger partial charge is 0.223 e. The van der Waals surface area contributed by atoms with Gasteiger partial charge in [0.2, 0.25) is 5.91 Å². The molecule has 0 heterocycles. The van der Waals surface area contributed by atoms with Crippen molar-refractivity contribution in [1.82, 2.24) is 10.2 Å². The van der Waals surface area contributed by atoms with Crippen molar-refractivity contribution in [3.63, 3.8) is 0 Å². The van der Waals surface area contributed by atoms with Crippen LogP contribution < -0.4 is 5.32 Å². The summed E-state index contributed by atoms with van der Waals surface area (Å²) in [5.41, 5.74) is 1.19. The maximum atomic E-state index is 11.4. The van der Waals surface area contributed by atoms with Crippen molar-refractivity contribution >= 4 is 37.8 Å². The average molecular weight is 378 g/mol. The number of nitrogens with one attached hydrogen (secondary N) is 1. The zero-order valence-electron chi connectivity index (χ0n) is 10.8. The van der Waals surface area contributed by atoms with E-state index in [0.29, 0.717) is 13.0 Å². The molecule has 5 heteroatoms. The molecule has 0 spiro atoms. The Labute approximate surface area is 125 Å². The fourth-order valence-corrected chi connectivity index (χ4v) is 2.97. The number of halogens is 2. The quantitative estimate of drug-likeness (QED) is 0.853. The van der Waals surface area contributed by atoms with E-state index < -0.39 is 0 Å². The van der Waals surface area contributed by atoms with Crippen molar-refractivity contribution < 1.29 is 4.79 Å². The molecule has 0 fully saturated rings. The van der Waals surface area contributed by atoms with Crippen LogP contribution in [-0.2, 0) is 4.79 Å². The summed E-state index contributed by atoms with van der Waals surface area (Å²) in [5.74, 6) is 0.143. The summed E-state index contributed by atoms with van der Waals surface area (Å²) < 4.78 is 2.11. The number of benzene rings is 1. The van der Waals surface area contributed by atoms with Crippen molar-refractivity contribution in [1.29, 1.82) is 0 Å². The summed E-state index contributed by atoms with van der Waals surface area (Å²) in [4.78, 5) is 13.1. The first-order valence-electron chi connectivity index (χ1n) is 5.80. The highest BCUT2D eigenvalue weighted by Gasteiger charge is 2.10. The van der Waals surface area contributed by atoms with Gasteiger partial charge in [-0.1, -0.05) is 37.9 Å². The number of hydrogen-bond acceptors (Lipinski definition) is 2. The Morgan fingerprint density at radius 1 is 1.39 bits per heavy atom. The lowest BCUT2D eigenvalue weighted by atomic mass is 10.1. The first-order chi connectivity index (χ1) is 8.41. The minimum atomic E-state index is 0.143. The van der Waals surface area contributed by atoms with Gasteiger partial charge in [0.15, 0.2) is 0 Å². The highest BCUT2D eigenvalue weighted by Crippen LogP contribution is 2.26. The second kappa shape index (κ2) is 7.26. The predicted octanol–water partition coefficient (Wildman–Crippen LogP) is 3.34. The largest absolute Gasteiger partial charge is 0.349 e. The molecule has 1 N–H and O–H groups in total. The van der Waals surface area contributed by atoms with Crippen LogP contribution in [0.1, 0.15) is 24.9 Å². The van der Waals surface area contributed by atoms with Gasteiger partial charge in [0.1, 0.15) is 0 Å². The molecule has 0 saturated heterocycles. The van der Waals surface area contributed by atoms with Gasteiger partial charge < -0.3 is 10.2 Å². The van der Waals surface area contributed by atoms with Crippen molar-refractivity contribution in [2.45, 2.75) is 19.4 Å². The number of nitrogens with zero attached hydrogens (tertiary/aromatic N) is 1. The standard InChI is InChI=1S/C13H18Br2N2O/c1-9(16-7-6-13(18)17(2)3)11-5-4-10(14)8-12(11)15/h4-5,8-9,16H,6-7H2,1-3H3. The summed E-state index contributed by atoms with van der Waals surface area (Å²) in [6.45, 7) is 2.77. The van der Waals surface area contributed by atoms with Crippen molar-refractivity contribution in [2.24, 2.45) is 0 Å². The van der Waals surface area contributed by atoms with E-state index in [2.05, 4.69) is 50.2 Å². The summed E-state index contributed by atoms with van der Waals surface area (Å²) in [5, 5.41) is 3.35. The molecule has 1 amide bonds. The van der Waals surface area contributed by atoms with Gasteiger partial charge in [0, 0.05) is 42.0 Å². The molecule has 100 valence electrons. The average Bonchev–Trinajstić information content (AvgIpc) is 2.28. The van der Waals surface area contributed by atoms with Gasteiger partial charge in [-0.05, 0) is 24.6 Å². The number of amides is 1.